The Labute approximate surface area is 123 Å². The highest BCUT2D eigenvalue weighted by molar-refractivity contribution is 5.75. The molecule has 0 unspecified atom stereocenters. The second-order valence-corrected chi connectivity index (χ2v) is 6.10. The number of nitrogens with zero attached hydrogens (tertiary/aromatic N) is 2. The molecule has 1 aliphatic rings. The summed E-state index contributed by atoms with van der Waals surface area (Å²) in [6, 6.07) is 16.4. The fraction of sp³-hybridized carbons (Fsp3) is 0.278. The molecule has 1 heterocycles. The molecule has 0 bridgehead atoms. The van der Waals surface area contributed by atoms with Crippen molar-refractivity contribution in [1.29, 1.82) is 0 Å². The van der Waals surface area contributed by atoms with Crippen molar-refractivity contribution in [3.05, 3.63) is 65.5 Å². The van der Waals surface area contributed by atoms with E-state index in [0.29, 0.717) is 19.3 Å². The van der Waals surface area contributed by atoms with E-state index in [9.17, 15) is 5.11 Å². The summed E-state index contributed by atoms with van der Waals surface area (Å²) in [6.45, 7) is 0. The standard InChI is InChI=1S/C18H18N2O/c1-20-16-9-5-4-8-15(16)19-17(20)12-18(21)10-13-6-2-3-7-14(13)11-18/h2-9,21H,10-12H2,1H3. The smallest absolute Gasteiger partial charge is 0.112 e. The molecule has 4 rings (SSSR count). The van der Waals surface area contributed by atoms with Gasteiger partial charge in [-0.2, -0.15) is 0 Å². The molecule has 1 aromatic heterocycles. The Bertz CT molecular complexity index is 794. The normalized spacial score (nSPS) is 16.3. The van der Waals surface area contributed by atoms with Crippen LogP contribution in [-0.2, 0) is 26.3 Å². The lowest BCUT2D eigenvalue weighted by molar-refractivity contribution is 0.0492. The zero-order valence-electron chi connectivity index (χ0n) is 12.1. The molecule has 3 aromatic rings. The monoisotopic (exact) mass is 278 g/mol. The number of hydrogen-bond acceptors (Lipinski definition) is 2. The van der Waals surface area contributed by atoms with Gasteiger partial charge in [0.1, 0.15) is 5.82 Å². The van der Waals surface area contributed by atoms with Crippen LogP contribution in [0.2, 0.25) is 0 Å². The topological polar surface area (TPSA) is 38.0 Å². The first kappa shape index (κ1) is 12.6. The van der Waals surface area contributed by atoms with Crippen molar-refractivity contribution >= 4 is 11.0 Å². The van der Waals surface area contributed by atoms with Gasteiger partial charge in [0, 0.05) is 26.3 Å². The first-order valence-electron chi connectivity index (χ1n) is 7.34. The van der Waals surface area contributed by atoms with Crippen molar-refractivity contribution < 1.29 is 5.11 Å². The molecule has 0 radical (unpaired) electrons. The fourth-order valence-corrected chi connectivity index (χ4v) is 3.45. The zero-order chi connectivity index (χ0) is 14.4. The van der Waals surface area contributed by atoms with Gasteiger partial charge < -0.3 is 9.67 Å². The molecule has 0 saturated heterocycles. The summed E-state index contributed by atoms with van der Waals surface area (Å²) in [7, 11) is 2.02. The highest BCUT2D eigenvalue weighted by Crippen LogP contribution is 2.32. The van der Waals surface area contributed by atoms with Gasteiger partial charge in [0.05, 0.1) is 16.6 Å². The van der Waals surface area contributed by atoms with Crippen LogP contribution in [0, 0.1) is 0 Å². The summed E-state index contributed by atoms with van der Waals surface area (Å²) in [6.07, 6.45) is 2.02. The Morgan fingerprint density at radius 1 is 1.05 bits per heavy atom. The van der Waals surface area contributed by atoms with Gasteiger partial charge >= 0.3 is 0 Å². The van der Waals surface area contributed by atoms with Crippen LogP contribution in [-0.4, -0.2) is 20.3 Å². The van der Waals surface area contributed by atoms with Crippen molar-refractivity contribution in [2.24, 2.45) is 7.05 Å². The number of benzene rings is 2. The Hall–Kier alpha value is -2.13. The summed E-state index contributed by atoms with van der Waals surface area (Å²) in [4.78, 5) is 4.69. The largest absolute Gasteiger partial charge is 0.389 e. The number of imidazole rings is 1. The fourth-order valence-electron chi connectivity index (χ4n) is 3.45. The van der Waals surface area contributed by atoms with E-state index in [-0.39, 0.29) is 0 Å². The maximum atomic E-state index is 11.0. The van der Waals surface area contributed by atoms with Crippen LogP contribution < -0.4 is 0 Å². The van der Waals surface area contributed by atoms with E-state index in [1.807, 2.05) is 37.4 Å². The lowest BCUT2D eigenvalue weighted by Gasteiger charge is -2.21. The minimum absolute atomic E-state index is 0.590. The summed E-state index contributed by atoms with van der Waals surface area (Å²) >= 11 is 0. The van der Waals surface area contributed by atoms with Crippen LogP contribution in [0.1, 0.15) is 17.0 Å². The van der Waals surface area contributed by atoms with Gasteiger partial charge in [0.25, 0.3) is 0 Å². The molecule has 3 heteroatoms. The van der Waals surface area contributed by atoms with Gasteiger partial charge in [-0.25, -0.2) is 4.98 Å². The summed E-state index contributed by atoms with van der Waals surface area (Å²) < 4.78 is 2.09. The van der Waals surface area contributed by atoms with Crippen molar-refractivity contribution in [3.63, 3.8) is 0 Å². The number of para-hydroxylation sites is 2. The number of aliphatic hydroxyl groups is 1. The van der Waals surface area contributed by atoms with E-state index >= 15 is 0 Å². The first-order chi connectivity index (χ1) is 10.1. The summed E-state index contributed by atoms with van der Waals surface area (Å²) in [5.41, 5.74) is 3.93. The van der Waals surface area contributed by atoms with Crippen molar-refractivity contribution in [1.82, 2.24) is 9.55 Å². The van der Waals surface area contributed by atoms with Gasteiger partial charge in [-0.15, -0.1) is 0 Å². The maximum Gasteiger partial charge on any atom is 0.112 e. The molecule has 0 amide bonds. The quantitative estimate of drug-likeness (QED) is 0.782. The number of hydrogen-bond donors (Lipinski definition) is 1. The maximum absolute atomic E-state index is 11.0. The SMILES string of the molecule is Cn1c(CC2(O)Cc3ccccc3C2)nc2ccccc21. The second-order valence-electron chi connectivity index (χ2n) is 6.10. The van der Waals surface area contributed by atoms with Crippen LogP contribution >= 0.6 is 0 Å². The Morgan fingerprint density at radius 3 is 2.33 bits per heavy atom. The molecular formula is C18H18N2O. The number of fused-ring (bicyclic) bond motifs is 2. The molecule has 2 aromatic carbocycles. The third-order valence-electron chi connectivity index (χ3n) is 4.52. The van der Waals surface area contributed by atoms with Crippen molar-refractivity contribution in [3.8, 4) is 0 Å². The minimum Gasteiger partial charge on any atom is -0.389 e. The third-order valence-corrected chi connectivity index (χ3v) is 4.52. The van der Waals surface area contributed by atoms with Gasteiger partial charge in [-0.05, 0) is 23.3 Å². The highest BCUT2D eigenvalue weighted by Gasteiger charge is 2.36. The average molecular weight is 278 g/mol. The summed E-state index contributed by atoms with van der Waals surface area (Å²) in [5, 5.41) is 11.0. The Morgan fingerprint density at radius 2 is 1.67 bits per heavy atom. The minimum atomic E-state index is -0.710. The van der Waals surface area contributed by atoms with Crippen LogP contribution in [0.15, 0.2) is 48.5 Å². The number of aryl methyl sites for hydroxylation is 1. The lowest BCUT2D eigenvalue weighted by Crippen LogP contribution is -2.33. The van der Waals surface area contributed by atoms with Gasteiger partial charge in [0.2, 0.25) is 0 Å². The van der Waals surface area contributed by atoms with Gasteiger partial charge in [0.15, 0.2) is 0 Å². The molecule has 0 aliphatic heterocycles. The first-order valence-corrected chi connectivity index (χ1v) is 7.34. The summed E-state index contributed by atoms with van der Waals surface area (Å²) in [5.74, 6) is 0.950. The molecular weight excluding hydrogens is 260 g/mol. The molecule has 1 N–H and O–H groups in total. The highest BCUT2D eigenvalue weighted by atomic mass is 16.3. The molecule has 106 valence electrons. The predicted octanol–water partition coefficient (Wildman–Crippen LogP) is 2.65. The molecule has 21 heavy (non-hydrogen) atoms. The molecule has 3 nitrogen and oxygen atoms in total. The predicted molar refractivity (Wildman–Crippen MR) is 83.2 cm³/mol. The number of aromatic nitrogens is 2. The van der Waals surface area contributed by atoms with Crippen LogP contribution in [0.3, 0.4) is 0 Å². The van der Waals surface area contributed by atoms with Crippen molar-refractivity contribution in [2.45, 2.75) is 24.9 Å². The van der Waals surface area contributed by atoms with E-state index in [4.69, 9.17) is 0 Å². The van der Waals surface area contributed by atoms with Gasteiger partial charge in [-0.3, -0.25) is 0 Å². The Kier molecular flexibility index (Phi) is 2.66. The average Bonchev–Trinajstić information content (AvgIpc) is 2.97. The van der Waals surface area contributed by atoms with Crippen LogP contribution in [0.4, 0.5) is 0 Å². The lowest BCUT2D eigenvalue weighted by atomic mass is 9.96. The molecule has 0 spiro atoms. The van der Waals surface area contributed by atoms with E-state index in [0.717, 1.165) is 16.9 Å². The molecule has 0 fully saturated rings. The van der Waals surface area contributed by atoms with E-state index < -0.39 is 5.60 Å². The van der Waals surface area contributed by atoms with Crippen LogP contribution in [0.5, 0.6) is 0 Å². The molecule has 0 saturated carbocycles. The number of rotatable bonds is 2. The van der Waals surface area contributed by atoms with Crippen molar-refractivity contribution in [2.75, 3.05) is 0 Å². The zero-order valence-corrected chi connectivity index (χ0v) is 12.1. The van der Waals surface area contributed by atoms with Gasteiger partial charge in [-0.1, -0.05) is 36.4 Å². The Balaban J connectivity index is 1.68. The van der Waals surface area contributed by atoms with E-state index in [2.05, 4.69) is 27.8 Å². The molecule has 0 atom stereocenters. The van der Waals surface area contributed by atoms with E-state index in [1.165, 1.54) is 11.1 Å². The van der Waals surface area contributed by atoms with Crippen LogP contribution in [0.25, 0.3) is 11.0 Å². The van der Waals surface area contributed by atoms with E-state index in [1.54, 1.807) is 0 Å². The second kappa shape index (κ2) is 4.43. The molecule has 1 aliphatic carbocycles. The third kappa shape index (κ3) is 2.05.